The van der Waals surface area contributed by atoms with Gasteiger partial charge in [-0.3, -0.25) is 4.79 Å². The highest BCUT2D eigenvalue weighted by Gasteiger charge is 2.27. The van der Waals surface area contributed by atoms with E-state index in [0.717, 1.165) is 11.4 Å². The normalized spacial score (nSPS) is 14.9. The van der Waals surface area contributed by atoms with Gasteiger partial charge in [-0.1, -0.05) is 6.07 Å². The van der Waals surface area contributed by atoms with Crippen molar-refractivity contribution in [3.63, 3.8) is 0 Å². The molecule has 10 nitrogen and oxygen atoms in total. The van der Waals surface area contributed by atoms with Crippen LogP contribution in [-0.4, -0.2) is 74.9 Å². The van der Waals surface area contributed by atoms with Gasteiger partial charge in [0, 0.05) is 32.2 Å². The molecule has 1 aromatic carbocycles. The van der Waals surface area contributed by atoms with Crippen molar-refractivity contribution in [3.05, 3.63) is 48.8 Å². The van der Waals surface area contributed by atoms with Crippen LogP contribution in [0.15, 0.2) is 43.2 Å². The molecule has 1 atom stereocenters. The summed E-state index contributed by atoms with van der Waals surface area (Å²) in [6, 6.07) is 7.52. The smallest absolute Gasteiger partial charge is 0.263 e. The molecule has 3 aromatic rings. The number of carbonyl (C=O) groups excluding carboxylic acids is 1. The first-order chi connectivity index (χ1) is 15.0. The van der Waals surface area contributed by atoms with E-state index in [1.807, 2.05) is 36.1 Å². The maximum absolute atomic E-state index is 12.9. The molecular weight excluding hydrogens is 398 g/mol. The Balaban J connectivity index is 1.36. The van der Waals surface area contributed by atoms with Gasteiger partial charge in [0.15, 0.2) is 23.4 Å². The van der Waals surface area contributed by atoms with Crippen molar-refractivity contribution in [1.82, 2.24) is 29.6 Å². The van der Waals surface area contributed by atoms with E-state index in [4.69, 9.17) is 9.47 Å². The quantitative estimate of drug-likeness (QED) is 0.588. The number of piperazine rings is 1. The number of hydrogen-bond donors (Lipinski definition) is 0. The summed E-state index contributed by atoms with van der Waals surface area (Å²) in [5, 5.41) is 4.10. The molecule has 0 radical (unpaired) electrons. The van der Waals surface area contributed by atoms with Gasteiger partial charge in [0.25, 0.3) is 5.91 Å². The molecule has 0 N–H and O–H groups in total. The molecule has 10 heteroatoms. The summed E-state index contributed by atoms with van der Waals surface area (Å²) in [6.07, 6.45) is 3.95. The second-order valence-electron chi connectivity index (χ2n) is 7.30. The zero-order chi connectivity index (χ0) is 21.8. The highest BCUT2D eigenvalue weighted by Crippen LogP contribution is 2.29. The number of benzene rings is 1. The largest absolute Gasteiger partial charge is 0.493 e. The molecule has 1 fully saturated rings. The first-order valence-corrected chi connectivity index (χ1v) is 10.1. The fourth-order valence-electron chi connectivity index (χ4n) is 3.49. The Morgan fingerprint density at radius 1 is 1.03 bits per heavy atom. The zero-order valence-corrected chi connectivity index (χ0v) is 17.8. The van der Waals surface area contributed by atoms with E-state index in [-0.39, 0.29) is 5.91 Å². The molecule has 0 spiro atoms. The van der Waals surface area contributed by atoms with E-state index in [1.165, 1.54) is 12.7 Å². The van der Waals surface area contributed by atoms with Crippen LogP contribution in [0.25, 0.3) is 5.82 Å². The van der Waals surface area contributed by atoms with Crippen molar-refractivity contribution in [2.75, 3.05) is 38.2 Å². The summed E-state index contributed by atoms with van der Waals surface area (Å²) in [5.41, 5.74) is 1.07. The number of hydrogen-bond acceptors (Lipinski definition) is 8. The number of rotatable bonds is 6. The average molecular weight is 423 g/mol. The second kappa shape index (κ2) is 8.99. The fraction of sp³-hybridized carbons (Fsp3) is 0.381. The summed E-state index contributed by atoms with van der Waals surface area (Å²) < 4.78 is 12.9. The predicted octanol–water partition coefficient (Wildman–Crippen LogP) is 1.49. The Labute approximate surface area is 180 Å². The first-order valence-electron chi connectivity index (χ1n) is 10.1. The molecule has 1 unspecified atom stereocenters. The number of carbonyl (C=O) groups is 1. The number of aryl methyl sites for hydroxylation is 1. The number of nitrogens with zero attached hydrogens (tertiary/aromatic N) is 7. The summed E-state index contributed by atoms with van der Waals surface area (Å²) in [5.74, 6) is 2.58. The lowest BCUT2D eigenvalue weighted by Gasteiger charge is -2.36. The van der Waals surface area contributed by atoms with Gasteiger partial charge in [-0.05, 0) is 31.5 Å². The Hall–Kier alpha value is -3.69. The van der Waals surface area contributed by atoms with Crippen LogP contribution < -0.4 is 14.4 Å². The second-order valence-corrected chi connectivity index (χ2v) is 7.30. The highest BCUT2D eigenvalue weighted by atomic mass is 16.5. The van der Waals surface area contributed by atoms with E-state index in [9.17, 15) is 4.79 Å². The average Bonchev–Trinajstić information content (AvgIpc) is 3.35. The van der Waals surface area contributed by atoms with Crippen molar-refractivity contribution in [2.24, 2.45) is 0 Å². The lowest BCUT2D eigenvalue weighted by atomic mass is 10.2. The minimum Gasteiger partial charge on any atom is -0.493 e. The zero-order valence-electron chi connectivity index (χ0n) is 17.8. The molecule has 1 saturated heterocycles. The molecule has 4 rings (SSSR count). The third-order valence-electron chi connectivity index (χ3n) is 5.18. The molecule has 2 aromatic heterocycles. The van der Waals surface area contributed by atoms with Crippen LogP contribution in [0.3, 0.4) is 0 Å². The Morgan fingerprint density at radius 3 is 2.52 bits per heavy atom. The monoisotopic (exact) mass is 423 g/mol. The minimum absolute atomic E-state index is 0.0479. The molecule has 1 aliphatic rings. The number of amides is 1. The molecular formula is C21H25N7O3. The molecule has 1 aliphatic heterocycles. The van der Waals surface area contributed by atoms with E-state index in [0.29, 0.717) is 43.5 Å². The minimum atomic E-state index is -0.610. The van der Waals surface area contributed by atoms with Crippen molar-refractivity contribution in [3.8, 4) is 17.3 Å². The van der Waals surface area contributed by atoms with E-state index < -0.39 is 6.10 Å². The summed E-state index contributed by atoms with van der Waals surface area (Å²) in [7, 11) is 1.59. The van der Waals surface area contributed by atoms with Gasteiger partial charge < -0.3 is 19.3 Å². The first kappa shape index (κ1) is 20.6. The van der Waals surface area contributed by atoms with Crippen molar-refractivity contribution >= 4 is 11.7 Å². The number of aromatic nitrogens is 5. The standard InChI is InChI=1S/C21H25N7O3/c1-15-4-5-17(18(10-15)30-3)31-16(2)21(29)27-8-6-26(7-9-27)19-11-20(24-13-23-19)28-14-22-12-25-28/h4-5,10-14,16H,6-9H2,1-3H3. The lowest BCUT2D eigenvalue weighted by molar-refractivity contribution is -0.138. The van der Waals surface area contributed by atoms with Gasteiger partial charge in [-0.25, -0.2) is 19.6 Å². The van der Waals surface area contributed by atoms with E-state index in [2.05, 4.69) is 25.0 Å². The van der Waals surface area contributed by atoms with Gasteiger partial charge in [0.05, 0.1) is 7.11 Å². The summed E-state index contributed by atoms with van der Waals surface area (Å²) >= 11 is 0. The SMILES string of the molecule is COc1cc(C)ccc1OC(C)C(=O)N1CCN(c2cc(-n3cncn3)ncn2)CC1. The Bertz CT molecular complexity index is 1030. The summed E-state index contributed by atoms with van der Waals surface area (Å²) in [4.78, 5) is 29.4. The van der Waals surface area contributed by atoms with Gasteiger partial charge in [-0.15, -0.1) is 0 Å². The molecule has 0 saturated carbocycles. The third kappa shape index (κ3) is 4.57. The number of methoxy groups -OCH3 is 1. The van der Waals surface area contributed by atoms with Crippen molar-refractivity contribution in [1.29, 1.82) is 0 Å². The fourth-order valence-corrected chi connectivity index (χ4v) is 3.49. The van der Waals surface area contributed by atoms with E-state index >= 15 is 0 Å². The van der Waals surface area contributed by atoms with Crippen LogP contribution >= 0.6 is 0 Å². The summed E-state index contributed by atoms with van der Waals surface area (Å²) in [6.45, 7) is 6.25. The molecule has 162 valence electrons. The molecule has 0 bridgehead atoms. The molecule has 1 amide bonds. The number of anilines is 1. The Morgan fingerprint density at radius 2 is 1.81 bits per heavy atom. The van der Waals surface area contributed by atoms with E-state index in [1.54, 1.807) is 25.0 Å². The number of ether oxygens (including phenoxy) is 2. The van der Waals surface area contributed by atoms with Gasteiger partial charge in [-0.2, -0.15) is 5.10 Å². The van der Waals surface area contributed by atoms with Crippen LogP contribution in [0.1, 0.15) is 12.5 Å². The highest BCUT2D eigenvalue weighted by molar-refractivity contribution is 5.81. The maximum Gasteiger partial charge on any atom is 0.263 e. The van der Waals surface area contributed by atoms with Crippen LogP contribution in [-0.2, 0) is 4.79 Å². The van der Waals surface area contributed by atoms with Crippen LogP contribution in [0.4, 0.5) is 5.82 Å². The van der Waals surface area contributed by atoms with Crippen LogP contribution in [0.5, 0.6) is 11.5 Å². The van der Waals surface area contributed by atoms with Crippen LogP contribution in [0.2, 0.25) is 0 Å². The van der Waals surface area contributed by atoms with Crippen molar-refractivity contribution in [2.45, 2.75) is 20.0 Å². The topological polar surface area (TPSA) is 98.5 Å². The molecule has 0 aliphatic carbocycles. The van der Waals surface area contributed by atoms with Gasteiger partial charge in [0.1, 0.15) is 24.8 Å². The third-order valence-corrected chi connectivity index (χ3v) is 5.18. The van der Waals surface area contributed by atoms with Crippen LogP contribution in [0, 0.1) is 6.92 Å². The van der Waals surface area contributed by atoms with Crippen molar-refractivity contribution < 1.29 is 14.3 Å². The van der Waals surface area contributed by atoms with Gasteiger partial charge >= 0.3 is 0 Å². The lowest BCUT2D eigenvalue weighted by Crippen LogP contribution is -2.52. The Kier molecular flexibility index (Phi) is 5.96. The molecule has 3 heterocycles. The molecule has 31 heavy (non-hydrogen) atoms. The maximum atomic E-state index is 12.9. The van der Waals surface area contributed by atoms with Gasteiger partial charge in [0.2, 0.25) is 0 Å². The predicted molar refractivity (Wildman–Crippen MR) is 114 cm³/mol.